The summed E-state index contributed by atoms with van der Waals surface area (Å²) in [5.41, 5.74) is 1.38. The first-order valence-electron chi connectivity index (χ1n) is 6.33. The molecule has 0 aromatic heterocycles. The van der Waals surface area contributed by atoms with E-state index in [1.807, 2.05) is 30.3 Å². The summed E-state index contributed by atoms with van der Waals surface area (Å²) in [6.45, 7) is 5.87. The monoisotopic (exact) mass is 259 g/mol. The van der Waals surface area contributed by atoms with E-state index in [4.69, 9.17) is 4.74 Å². The summed E-state index contributed by atoms with van der Waals surface area (Å²) in [4.78, 5) is 23.7. The van der Waals surface area contributed by atoms with E-state index in [2.05, 4.69) is 11.9 Å². The SMILES string of the molecule is C=C1NC(=O)CC(c2ccccc2)C1C(=O)OCC. The maximum atomic E-state index is 12.1. The van der Waals surface area contributed by atoms with Crippen LogP contribution < -0.4 is 5.32 Å². The van der Waals surface area contributed by atoms with E-state index in [1.54, 1.807) is 6.92 Å². The van der Waals surface area contributed by atoms with Crippen LogP contribution in [-0.2, 0) is 14.3 Å². The van der Waals surface area contributed by atoms with Gasteiger partial charge in [-0.05, 0) is 12.5 Å². The zero-order valence-electron chi connectivity index (χ0n) is 10.9. The lowest BCUT2D eigenvalue weighted by Gasteiger charge is -2.31. The second kappa shape index (κ2) is 5.69. The molecule has 0 spiro atoms. The van der Waals surface area contributed by atoms with Crippen molar-refractivity contribution in [3.63, 3.8) is 0 Å². The Kier molecular flexibility index (Phi) is 4.00. The van der Waals surface area contributed by atoms with Crippen LogP contribution in [0.3, 0.4) is 0 Å². The molecule has 2 atom stereocenters. The third-order valence-electron chi connectivity index (χ3n) is 3.25. The van der Waals surface area contributed by atoms with Crippen LogP contribution >= 0.6 is 0 Å². The maximum absolute atomic E-state index is 12.1. The number of nitrogens with one attached hydrogen (secondary N) is 1. The number of amides is 1. The molecule has 2 unspecified atom stereocenters. The van der Waals surface area contributed by atoms with Gasteiger partial charge in [-0.15, -0.1) is 0 Å². The molecule has 1 aliphatic heterocycles. The highest BCUT2D eigenvalue weighted by Gasteiger charge is 2.38. The average molecular weight is 259 g/mol. The Morgan fingerprint density at radius 1 is 1.42 bits per heavy atom. The molecule has 1 aliphatic rings. The van der Waals surface area contributed by atoms with Crippen molar-refractivity contribution in [3.8, 4) is 0 Å². The van der Waals surface area contributed by atoms with Gasteiger partial charge in [0.2, 0.25) is 5.91 Å². The molecule has 4 nitrogen and oxygen atoms in total. The fourth-order valence-corrected chi connectivity index (χ4v) is 2.42. The second-order valence-electron chi connectivity index (χ2n) is 4.52. The van der Waals surface area contributed by atoms with E-state index < -0.39 is 5.92 Å². The number of carbonyl (C=O) groups excluding carboxylic acids is 2. The van der Waals surface area contributed by atoms with Crippen molar-refractivity contribution in [2.45, 2.75) is 19.3 Å². The number of rotatable bonds is 3. The molecule has 19 heavy (non-hydrogen) atoms. The molecule has 2 rings (SSSR count). The number of benzene rings is 1. The van der Waals surface area contributed by atoms with Gasteiger partial charge in [-0.1, -0.05) is 36.9 Å². The fourth-order valence-electron chi connectivity index (χ4n) is 2.42. The highest BCUT2D eigenvalue weighted by molar-refractivity contribution is 5.86. The van der Waals surface area contributed by atoms with Crippen LogP contribution in [0.25, 0.3) is 0 Å². The maximum Gasteiger partial charge on any atom is 0.315 e. The van der Waals surface area contributed by atoms with Gasteiger partial charge in [-0.3, -0.25) is 9.59 Å². The van der Waals surface area contributed by atoms with Crippen molar-refractivity contribution in [3.05, 3.63) is 48.2 Å². The minimum Gasteiger partial charge on any atom is -0.465 e. The van der Waals surface area contributed by atoms with Crippen molar-refractivity contribution >= 4 is 11.9 Å². The first-order chi connectivity index (χ1) is 9.13. The second-order valence-corrected chi connectivity index (χ2v) is 4.52. The van der Waals surface area contributed by atoms with Gasteiger partial charge < -0.3 is 10.1 Å². The molecular formula is C15H17NO3. The van der Waals surface area contributed by atoms with Crippen molar-refractivity contribution in [1.82, 2.24) is 5.32 Å². The first kappa shape index (κ1) is 13.3. The Balaban J connectivity index is 2.32. The number of piperidine rings is 1. The standard InChI is InChI=1S/C15H17NO3/c1-3-19-15(18)14-10(2)16-13(17)9-12(14)11-7-5-4-6-8-11/h4-8,12,14H,2-3,9H2,1H3,(H,16,17). The Hall–Kier alpha value is -2.10. The Morgan fingerprint density at radius 2 is 2.11 bits per heavy atom. The molecule has 0 bridgehead atoms. The normalized spacial score (nSPS) is 22.8. The third kappa shape index (κ3) is 2.84. The summed E-state index contributed by atoms with van der Waals surface area (Å²) < 4.78 is 5.09. The quantitative estimate of drug-likeness (QED) is 0.844. The highest BCUT2D eigenvalue weighted by atomic mass is 16.5. The van der Waals surface area contributed by atoms with E-state index in [0.29, 0.717) is 12.3 Å². The van der Waals surface area contributed by atoms with Crippen LogP contribution in [0.15, 0.2) is 42.6 Å². The molecule has 0 saturated carbocycles. The molecule has 1 aromatic rings. The van der Waals surface area contributed by atoms with Crippen molar-refractivity contribution < 1.29 is 14.3 Å². The largest absolute Gasteiger partial charge is 0.465 e. The lowest BCUT2D eigenvalue weighted by Crippen LogP contribution is -2.41. The minimum atomic E-state index is -0.514. The summed E-state index contributed by atoms with van der Waals surface area (Å²) in [5, 5.41) is 2.63. The van der Waals surface area contributed by atoms with Crippen LogP contribution in [0.1, 0.15) is 24.8 Å². The molecular weight excluding hydrogens is 242 g/mol. The van der Waals surface area contributed by atoms with Crippen molar-refractivity contribution in [1.29, 1.82) is 0 Å². The lowest BCUT2D eigenvalue weighted by molar-refractivity contribution is -0.148. The number of esters is 1. The lowest BCUT2D eigenvalue weighted by atomic mass is 9.79. The van der Waals surface area contributed by atoms with Crippen LogP contribution in [0.2, 0.25) is 0 Å². The van der Waals surface area contributed by atoms with Gasteiger partial charge in [-0.2, -0.15) is 0 Å². The third-order valence-corrected chi connectivity index (χ3v) is 3.25. The van der Waals surface area contributed by atoms with Gasteiger partial charge >= 0.3 is 5.97 Å². The van der Waals surface area contributed by atoms with E-state index >= 15 is 0 Å². The minimum absolute atomic E-state index is 0.112. The number of ether oxygens (including phenoxy) is 1. The van der Waals surface area contributed by atoms with Crippen LogP contribution in [-0.4, -0.2) is 18.5 Å². The number of hydrogen-bond acceptors (Lipinski definition) is 3. The van der Waals surface area contributed by atoms with Crippen LogP contribution in [0.4, 0.5) is 0 Å². The number of hydrogen-bond donors (Lipinski definition) is 1. The zero-order valence-corrected chi connectivity index (χ0v) is 10.9. The van der Waals surface area contributed by atoms with Crippen LogP contribution in [0, 0.1) is 5.92 Å². The van der Waals surface area contributed by atoms with Gasteiger partial charge in [0.1, 0.15) is 5.92 Å². The molecule has 4 heteroatoms. The van der Waals surface area contributed by atoms with Gasteiger partial charge in [0, 0.05) is 18.0 Å². The molecule has 1 heterocycles. The predicted molar refractivity (Wildman–Crippen MR) is 71.2 cm³/mol. The molecule has 0 aliphatic carbocycles. The highest BCUT2D eigenvalue weighted by Crippen LogP contribution is 2.35. The van der Waals surface area contributed by atoms with E-state index in [0.717, 1.165) is 5.56 Å². The molecule has 1 amide bonds. The Bertz CT molecular complexity index is 495. The molecule has 1 fully saturated rings. The zero-order chi connectivity index (χ0) is 13.8. The van der Waals surface area contributed by atoms with Gasteiger partial charge in [0.25, 0.3) is 0 Å². The smallest absolute Gasteiger partial charge is 0.315 e. The predicted octanol–water partition coefficient (Wildman–Crippen LogP) is 1.98. The van der Waals surface area contributed by atoms with Gasteiger partial charge in [0.15, 0.2) is 0 Å². The van der Waals surface area contributed by atoms with Crippen molar-refractivity contribution in [2.24, 2.45) is 5.92 Å². The van der Waals surface area contributed by atoms with E-state index in [9.17, 15) is 9.59 Å². The topological polar surface area (TPSA) is 55.4 Å². The van der Waals surface area contributed by atoms with E-state index in [-0.39, 0.29) is 24.2 Å². The summed E-state index contributed by atoms with van der Waals surface area (Å²) in [6, 6.07) is 9.53. The molecule has 1 aromatic carbocycles. The number of carbonyl (C=O) groups is 2. The van der Waals surface area contributed by atoms with Gasteiger partial charge in [-0.25, -0.2) is 0 Å². The molecule has 1 saturated heterocycles. The van der Waals surface area contributed by atoms with Gasteiger partial charge in [0.05, 0.1) is 6.61 Å². The summed E-state index contributed by atoms with van der Waals surface area (Å²) in [5.74, 6) is -1.16. The summed E-state index contributed by atoms with van der Waals surface area (Å²) in [7, 11) is 0. The van der Waals surface area contributed by atoms with Crippen molar-refractivity contribution in [2.75, 3.05) is 6.61 Å². The fraction of sp³-hybridized carbons (Fsp3) is 0.333. The van der Waals surface area contributed by atoms with Crippen LogP contribution in [0.5, 0.6) is 0 Å². The molecule has 0 radical (unpaired) electrons. The molecule has 1 N–H and O–H groups in total. The Morgan fingerprint density at radius 3 is 2.74 bits per heavy atom. The summed E-state index contributed by atoms with van der Waals surface area (Å²) in [6.07, 6.45) is 0.270. The average Bonchev–Trinajstić information content (AvgIpc) is 2.39. The Labute approximate surface area is 112 Å². The summed E-state index contributed by atoms with van der Waals surface area (Å²) >= 11 is 0. The first-order valence-corrected chi connectivity index (χ1v) is 6.33. The van der Waals surface area contributed by atoms with E-state index in [1.165, 1.54) is 0 Å². The molecule has 100 valence electrons.